The highest BCUT2D eigenvalue weighted by atomic mass is 19.1. The summed E-state index contributed by atoms with van der Waals surface area (Å²) in [6.45, 7) is 3.32. The molecule has 0 unspecified atom stereocenters. The smallest absolute Gasteiger partial charge is 0.214 e. The van der Waals surface area contributed by atoms with Gasteiger partial charge in [0.05, 0.1) is 13.2 Å². The Kier molecular flexibility index (Phi) is 5.23. The van der Waals surface area contributed by atoms with Crippen molar-refractivity contribution in [3.8, 4) is 0 Å². The molecule has 5 nitrogen and oxygen atoms in total. The topological polar surface area (TPSA) is 72.1 Å². The van der Waals surface area contributed by atoms with Crippen LogP contribution in [0.25, 0.3) is 0 Å². The van der Waals surface area contributed by atoms with Crippen LogP contribution in [0.5, 0.6) is 0 Å². The predicted molar refractivity (Wildman–Crippen MR) is 67.1 cm³/mol. The van der Waals surface area contributed by atoms with Gasteiger partial charge in [-0.05, 0) is 20.3 Å². The molecule has 18 heavy (non-hydrogen) atoms. The maximum atomic E-state index is 12.1. The Morgan fingerprint density at radius 3 is 2.89 bits per heavy atom. The first kappa shape index (κ1) is 14.1. The van der Waals surface area contributed by atoms with Crippen LogP contribution in [0.15, 0.2) is 18.0 Å². The molecule has 0 spiro atoms. The number of nitrogen functional groups attached to an aromatic ring is 1. The van der Waals surface area contributed by atoms with Crippen molar-refractivity contribution in [2.75, 3.05) is 12.4 Å². The van der Waals surface area contributed by atoms with E-state index in [-0.39, 0.29) is 13.0 Å². The minimum atomic E-state index is -0.445. The first-order chi connectivity index (χ1) is 8.58. The van der Waals surface area contributed by atoms with E-state index in [1.54, 1.807) is 26.1 Å². The second-order valence-corrected chi connectivity index (χ2v) is 3.88. The van der Waals surface area contributed by atoms with Crippen LogP contribution < -0.4 is 5.73 Å². The van der Waals surface area contributed by atoms with Crippen LogP contribution in [0.4, 0.5) is 10.2 Å². The van der Waals surface area contributed by atoms with Gasteiger partial charge >= 0.3 is 0 Å². The molecule has 1 aromatic heterocycles. The summed E-state index contributed by atoms with van der Waals surface area (Å²) < 4.78 is 12.1. The molecule has 1 amide bonds. The van der Waals surface area contributed by atoms with E-state index in [1.165, 1.54) is 4.90 Å². The first-order valence-corrected chi connectivity index (χ1v) is 5.61. The van der Waals surface area contributed by atoms with Gasteiger partial charge in [-0.3, -0.25) is 9.18 Å². The molecule has 0 fully saturated rings. The number of anilines is 1. The Balaban J connectivity index is 2.82. The number of hydrogen-bond acceptors (Lipinski definition) is 4. The normalized spacial score (nSPS) is 11.4. The van der Waals surface area contributed by atoms with Crippen LogP contribution in [-0.2, 0) is 11.3 Å². The van der Waals surface area contributed by atoms with Crippen LogP contribution in [-0.4, -0.2) is 28.0 Å². The third kappa shape index (κ3) is 3.80. The van der Waals surface area contributed by atoms with Crippen LogP contribution >= 0.6 is 0 Å². The van der Waals surface area contributed by atoms with Gasteiger partial charge in [-0.1, -0.05) is 6.08 Å². The Morgan fingerprint density at radius 1 is 1.61 bits per heavy atom. The number of halogens is 1. The van der Waals surface area contributed by atoms with Gasteiger partial charge in [0.2, 0.25) is 6.41 Å². The van der Waals surface area contributed by atoms with E-state index >= 15 is 0 Å². The molecular formula is C12H17FN4O. The van der Waals surface area contributed by atoms with Crippen molar-refractivity contribution in [3.63, 3.8) is 0 Å². The van der Waals surface area contributed by atoms with Gasteiger partial charge in [0.1, 0.15) is 11.6 Å². The summed E-state index contributed by atoms with van der Waals surface area (Å²) in [5.74, 6) is 0.936. The molecule has 0 aliphatic carbocycles. The van der Waals surface area contributed by atoms with Crippen LogP contribution in [0.2, 0.25) is 0 Å². The Bertz CT molecular complexity index is 448. The van der Waals surface area contributed by atoms with E-state index < -0.39 is 6.67 Å². The van der Waals surface area contributed by atoms with Crippen LogP contribution in [0, 0.1) is 6.92 Å². The van der Waals surface area contributed by atoms with Crippen molar-refractivity contribution < 1.29 is 9.18 Å². The van der Waals surface area contributed by atoms with Crippen molar-refractivity contribution >= 4 is 12.2 Å². The molecule has 0 saturated carbocycles. The van der Waals surface area contributed by atoms with Gasteiger partial charge in [-0.15, -0.1) is 0 Å². The minimum absolute atomic E-state index is 0.282. The first-order valence-electron chi connectivity index (χ1n) is 5.61. The number of hydrogen-bond donors (Lipinski definition) is 1. The van der Waals surface area contributed by atoms with E-state index in [1.807, 2.05) is 0 Å². The van der Waals surface area contributed by atoms with E-state index in [9.17, 15) is 9.18 Å². The fraction of sp³-hybridized carbons (Fsp3) is 0.417. The molecule has 6 heteroatoms. The fourth-order valence-electron chi connectivity index (χ4n) is 1.44. The van der Waals surface area contributed by atoms with Gasteiger partial charge in [-0.25, -0.2) is 9.97 Å². The van der Waals surface area contributed by atoms with Crippen LogP contribution in [0.3, 0.4) is 0 Å². The number of nitrogens with two attached hydrogens (primary N) is 1. The zero-order valence-corrected chi connectivity index (χ0v) is 10.6. The molecule has 0 bridgehead atoms. The summed E-state index contributed by atoms with van der Waals surface area (Å²) in [5, 5.41) is 0. The predicted octanol–water partition coefficient (Wildman–Crippen LogP) is 1.59. The highest BCUT2D eigenvalue weighted by Crippen LogP contribution is 2.13. The molecule has 1 aromatic rings. The average Bonchev–Trinajstić information content (AvgIpc) is 2.35. The number of rotatable bonds is 6. The molecule has 0 aromatic carbocycles. The van der Waals surface area contributed by atoms with E-state index in [4.69, 9.17) is 5.73 Å². The lowest BCUT2D eigenvalue weighted by molar-refractivity contribution is -0.116. The molecular weight excluding hydrogens is 235 g/mol. The fourth-order valence-corrected chi connectivity index (χ4v) is 1.44. The quantitative estimate of drug-likeness (QED) is 0.780. The number of aryl methyl sites for hydroxylation is 1. The number of nitrogens with zero attached hydrogens (tertiary/aromatic N) is 3. The number of amides is 1. The van der Waals surface area contributed by atoms with Crippen molar-refractivity contribution in [2.24, 2.45) is 0 Å². The Labute approximate surface area is 106 Å². The number of allylic oxidation sites excluding steroid dienone is 2. The summed E-state index contributed by atoms with van der Waals surface area (Å²) in [4.78, 5) is 20.5. The molecule has 2 N–H and O–H groups in total. The summed E-state index contributed by atoms with van der Waals surface area (Å²) in [5.41, 5.74) is 7.10. The average molecular weight is 252 g/mol. The third-order valence-corrected chi connectivity index (χ3v) is 2.49. The zero-order chi connectivity index (χ0) is 13.5. The maximum absolute atomic E-state index is 12.1. The van der Waals surface area contributed by atoms with Crippen molar-refractivity contribution in [2.45, 2.75) is 26.8 Å². The molecule has 0 aliphatic rings. The number of carbonyl (C=O) groups is 1. The summed E-state index contributed by atoms with van der Waals surface area (Å²) in [6.07, 6.45) is 4.23. The van der Waals surface area contributed by atoms with Crippen molar-refractivity contribution in [1.29, 1.82) is 0 Å². The van der Waals surface area contributed by atoms with Gasteiger partial charge in [0.15, 0.2) is 0 Å². The standard InChI is InChI=1S/C12H17FN4O/c1-9(4-3-5-13)17(8-18)7-11-6-15-10(2)16-12(11)14/h4,6,8H,3,5,7H2,1-2H3,(H2,14,15,16)/b9-4-. The van der Waals surface area contributed by atoms with E-state index in [2.05, 4.69) is 9.97 Å². The second kappa shape index (κ2) is 6.68. The lowest BCUT2D eigenvalue weighted by Gasteiger charge is -2.18. The molecule has 0 atom stereocenters. The summed E-state index contributed by atoms with van der Waals surface area (Å²) in [6, 6.07) is 0. The lowest BCUT2D eigenvalue weighted by Crippen LogP contribution is -2.20. The molecule has 1 rings (SSSR count). The zero-order valence-electron chi connectivity index (χ0n) is 10.6. The highest BCUT2D eigenvalue weighted by Gasteiger charge is 2.09. The number of carbonyl (C=O) groups excluding carboxylic acids is 1. The number of alkyl halides is 1. The van der Waals surface area contributed by atoms with Gasteiger partial charge in [0.25, 0.3) is 0 Å². The Hall–Kier alpha value is -1.98. The molecule has 0 aliphatic heterocycles. The van der Waals surface area contributed by atoms with E-state index in [0.29, 0.717) is 29.3 Å². The highest BCUT2D eigenvalue weighted by molar-refractivity contribution is 5.52. The number of aromatic nitrogens is 2. The van der Waals surface area contributed by atoms with Gasteiger partial charge in [-0.2, -0.15) is 0 Å². The molecule has 0 saturated heterocycles. The molecule has 98 valence electrons. The van der Waals surface area contributed by atoms with Crippen molar-refractivity contribution in [3.05, 3.63) is 29.4 Å². The SMILES string of the molecule is C/C(=C/CCF)N(C=O)Cc1cnc(C)nc1N. The minimum Gasteiger partial charge on any atom is -0.383 e. The lowest BCUT2D eigenvalue weighted by atomic mass is 10.2. The monoisotopic (exact) mass is 252 g/mol. The van der Waals surface area contributed by atoms with Gasteiger partial charge in [0, 0.05) is 17.5 Å². The second-order valence-electron chi connectivity index (χ2n) is 3.88. The summed E-state index contributed by atoms with van der Waals surface area (Å²) >= 11 is 0. The Morgan fingerprint density at radius 2 is 2.33 bits per heavy atom. The molecule has 0 radical (unpaired) electrons. The molecule has 1 heterocycles. The summed E-state index contributed by atoms with van der Waals surface area (Å²) in [7, 11) is 0. The van der Waals surface area contributed by atoms with Crippen LogP contribution in [0.1, 0.15) is 24.7 Å². The van der Waals surface area contributed by atoms with E-state index in [0.717, 1.165) is 0 Å². The largest absolute Gasteiger partial charge is 0.383 e. The van der Waals surface area contributed by atoms with Crippen molar-refractivity contribution in [1.82, 2.24) is 14.9 Å². The maximum Gasteiger partial charge on any atom is 0.214 e. The third-order valence-electron chi connectivity index (χ3n) is 2.49. The van der Waals surface area contributed by atoms with Gasteiger partial charge < -0.3 is 10.6 Å².